The number of ether oxygens (including phenoxy) is 1. The summed E-state index contributed by atoms with van der Waals surface area (Å²) in [6, 6.07) is 16.9. The van der Waals surface area contributed by atoms with Crippen molar-refractivity contribution in [2.24, 2.45) is 29.6 Å². The number of esters is 1. The molecule has 0 radical (unpaired) electrons. The van der Waals surface area contributed by atoms with Gasteiger partial charge in [-0.25, -0.2) is 0 Å². The van der Waals surface area contributed by atoms with Crippen LogP contribution in [0, 0.1) is 29.6 Å². The van der Waals surface area contributed by atoms with Gasteiger partial charge in [-0.1, -0.05) is 50.2 Å². The van der Waals surface area contributed by atoms with E-state index in [2.05, 4.69) is 62.4 Å². The van der Waals surface area contributed by atoms with Crippen molar-refractivity contribution in [1.82, 2.24) is 0 Å². The van der Waals surface area contributed by atoms with E-state index < -0.39 is 5.60 Å². The SMILES string of the molecule is CC1C2CC(CC(=O)OC(C)(C)c3ccc4c(c3)c(S)cc3ccccc34)C(C2)C1C. The lowest BCUT2D eigenvalue weighted by molar-refractivity contribution is -0.159. The summed E-state index contributed by atoms with van der Waals surface area (Å²) in [7, 11) is 0. The van der Waals surface area contributed by atoms with E-state index in [9.17, 15) is 4.79 Å². The fraction of sp³-hybridized carbons (Fsp3) is 0.464. The van der Waals surface area contributed by atoms with Crippen molar-refractivity contribution in [2.75, 3.05) is 0 Å². The summed E-state index contributed by atoms with van der Waals surface area (Å²) in [4.78, 5) is 13.9. The zero-order valence-electron chi connectivity index (χ0n) is 18.9. The van der Waals surface area contributed by atoms with Gasteiger partial charge in [0.15, 0.2) is 0 Å². The van der Waals surface area contributed by atoms with Crippen LogP contribution in [0.1, 0.15) is 52.5 Å². The van der Waals surface area contributed by atoms with Crippen molar-refractivity contribution < 1.29 is 9.53 Å². The van der Waals surface area contributed by atoms with Crippen LogP contribution in [-0.4, -0.2) is 5.97 Å². The van der Waals surface area contributed by atoms with Gasteiger partial charge in [-0.2, -0.15) is 0 Å². The average Bonchev–Trinajstić information content (AvgIpc) is 3.26. The molecule has 3 aromatic carbocycles. The van der Waals surface area contributed by atoms with Crippen LogP contribution in [-0.2, 0) is 15.1 Å². The zero-order valence-corrected chi connectivity index (χ0v) is 19.8. The molecule has 0 spiro atoms. The van der Waals surface area contributed by atoms with E-state index in [1.807, 2.05) is 13.8 Å². The van der Waals surface area contributed by atoms with Crippen molar-refractivity contribution in [2.45, 2.75) is 57.5 Å². The lowest BCUT2D eigenvalue weighted by Crippen LogP contribution is -2.30. The van der Waals surface area contributed by atoms with Crippen molar-refractivity contribution in [3.8, 4) is 0 Å². The van der Waals surface area contributed by atoms with E-state index in [0.717, 1.165) is 33.6 Å². The largest absolute Gasteiger partial charge is 0.455 e. The predicted octanol–water partition coefficient (Wildman–Crippen LogP) is 7.38. The van der Waals surface area contributed by atoms with Crippen LogP contribution in [0.3, 0.4) is 0 Å². The number of fused-ring (bicyclic) bond motifs is 5. The summed E-state index contributed by atoms with van der Waals surface area (Å²) in [5.74, 6) is 3.46. The minimum absolute atomic E-state index is 0.0629. The van der Waals surface area contributed by atoms with Crippen LogP contribution in [0.25, 0.3) is 21.5 Å². The van der Waals surface area contributed by atoms with Crippen molar-refractivity contribution in [1.29, 1.82) is 0 Å². The summed E-state index contributed by atoms with van der Waals surface area (Å²) in [6.45, 7) is 8.74. The Hall–Kier alpha value is -2.00. The summed E-state index contributed by atoms with van der Waals surface area (Å²) < 4.78 is 6.07. The number of carbonyl (C=O) groups excluding carboxylic acids is 1. The highest BCUT2D eigenvalue weighted by Crippen LogP contribution is 2.56. The third-order valence-electron chi connectivity index (χ3n) is 8.37. The van der Waals surface area contributed by atoms with Gasteiger partial charge in [0, 0.05) is 11.3 Å². The van der Waals surface area contributed by atoms with E-state index in [4.69, 9.17) is 17.4 Å². The molecule has 2 aliphatic rings. The quantitative estimate of drug-likeness (QED) is 0.264. The first kappa shape index (κ1) is 20.9. The molecule has 2 fully saturated rings. The average molecular weight is 433 g/mol. The highest BCUT2D eigenvalue weighted by Gasteiger charge is 2.49. The number of hydrogen-bond acceptors (Lipinski definition) is 3. The number of rotatable bonds is 4. The first-order valence-electron chi connectivity index (χ1n) is 11.6. The standard InChI is InChI=1S/C28H32O2S/c1-16-17(2)24-12-19(16)11-20(24)14-27(29)30-28(3,4)21-9-10-23-22-8-6-5-7-18(22)13-26(31)25(23)15-21/h5-10,13,15-17,19-20,24,31H,11-12,14H2,1-4H3. The van der Waals surface area contributed by atoms with Gasteiger partial charge in [0.05, 0.1) is 0 Å². The second-order valence-corrected chi connectivity index (χ2v) is 10.9. The minimum atomic E-state index is -0.673. The van der Waals surface area contributed by atoms with Crippen molar-refractivity contribution in [3.63, 3.8) is 0 Å². The van der Waals surface area contributed by atoms with Crippen molar-refractivity contribution >= 4 is 40.1 Å². The number of hydrogen-bond donors (Lipinski definition) is 1. The molecule has 5 atom stereocenters. The molecule has 3 heteroatoms. The molecular weight excluding hydrogens is 400 g/mol. The molecule has 0 amide bonds. The van der Waals surface area contributed by atoms with Crippen LogP contribution in [0.4, 0.5) is 0 Å². The van der Waals surface area contributed by atoms with Gasteiger partial charge in [0.25, 0.3) is 0 Å². The molecule has 3 aromatic rings. The van der Waals surface area contributed by atoms with Gasteiger partial charge in [-0.15, -0.1) is 12.6 Å². The van der Waals surface area contributed by atoms with Gasteiger partial charge in [-0.3, -0.25) is 4.79 Å². The Morgan fingerprint density at radius 1 is 1.00 bits per heavy atom. The third-order valence-corrected chi connectivity index (χ3v) is 8.74. The number of carbonyl (C=O) groups is 1. The van der Waals surface area contributed by atoms with Gasteiger partial charge < -0.3 is 4.74 Å². The van der Waals surface area contributed by atoms with Crippen LogP contribution < -0.4 is 0 Å². The molecule has 2 nitrogen and oxygen atoms in total. The smallest absolute Gasteiger partial charge is 0.306 e. The fourth-order valence-corrected chi connectivity index (χ4v) is 6.71. The molecule has 31 heavy (non-hydrogen) atoms. The Balaban J connectivity index is 1.37. The molecule has 0 N–H and O–H groups in total. The molecule has 162 valence electrons. The maximum Gasteiger partial charge on any atom is 0.306 e. The highest BCUT2D eigenvalue weighted by atomic mass is 32.1. The van der Waals surface area contributed by atoms with Crippen LogP contribution in [0.2, 0.25) is 0 Å². The minimum Gasteiger partial charge on any atom is -0.455 e. The number of benzene rings is 3. The van der Waals surface area contributed by atoms with Gasteiger partial charge in [-0.05, 0) is 95.5 Å². The second-order valence-electron chi connectivity index (χ2n) is 10.4. The first-order valence-corrected chi connectivity index (χ1v) is 12.1. The molecule has 0 saturated heterocycles. The number of thiol groups is 1. The van der Waals surface area contributed by atoms with Crippen LogP contribution in [0.15, 0.2) is 53.4 Å². The normalized spacial score (nSPS) is 27.8. The molecule has 2 bridgehead atoms. The maximum absolute atomic E-state index is 12.9. The Kier molecular flexibility index (Phi) is 5.08. The zero-order chi connectivity index (χ0) is 21.9. The second kappa shape index (κ2) is 7.55. The monoisotopic (exact) mass is 432 g/mol. The molecular formula is C28H32O2S. The summed E-state index contributed by atoms with van der Waals surface area (Å²) >= 11 is 4.75. The third kappa shape index (κ3) is 3.55. The molecule has 2 aliphatic carbocycles. The van der Waals surface area contributed by atoms with E-state index in [1.165, 1.54) is 29.0 Å². The molecule has 2 saturated carbocycles. The Morgan fingerprint density at radius 3 is 2.52 bits per heavy atom. The summed E-state index contributed by atoms with van der Waals surface area (Å²) in [5.41, 5.74) is 0.335. The van der Waals surface area contributed by atoms with E-state index in [1.54, 1.807) is 0 Å². The van der Waals surface area contributed by atoms with Gasteiger partial charge in [0.1, 0.15) is 5.60 Å². The predicted molar refractivity (Wildman–Crippen MR) is 130 cm³/mol. The van der Waals surface area contributed by atoms with Crippen LogP contribution >= 0.6 is 12.6 Å². The highest BCUT2D eigenvalue weighted by molar-refractivity contribution is 7.80. The lowest BCUT2D eigenvalue weighted by atomic mass is 9.74. The molecule has 0 aliphatic heterocycles. The lowest BCUT2D eigenvalue weighted by Gasteiger charge is -2.32. The van der Waals surface area contributed by atoms with E-state index in [0.29, 0.717) is 18.3 Å². The molecule has 5 unspecified atom stereocenters. The van der Waals surface area contributed by atoms with E-state index in [-0.39, 0.29) is 5.97 Å². The Bertz CT molecular complexity index is 1160. The van der Waals surface area contributed by atoms with Gasteiger partial charge in [0.2, 0.25) is 0 Å². The Morgan fingerprint density at radius 2 is 1.77 bits per heavy atom. The molecule has 0 aromatic heterocycles. The Labute approximate surface area is 190 Å². The molecule has 0 heterocycles. The summed E-state index contributed by atoms with van der Waals surface area (Å²) in [5, 5.41) is 4.68. The first-order chi connectivity index (χ1) is 14.7. The van der Waals surface area contributed by atoms with Gasteiger partial charge >= 0.3 is 5.97 Å². The van der Waals surface area contributed by atoms with Crippen molar-refractivity contribution in [3.05, 3.63) is 54.1 Å². The van der Waals surface area contributed by atoms with E-state index >= 15 is 0 Å². The maximum atomic E-state index is 12.9. The summed E-state index contributed by atoms with van der Waals surface area (Å²) in [6.07, 6.45) is 3.04. The molecule has 5 rings (SSSR count). The topological polar surface area (TPSA) is 26.3 Å². The fourth-order valence-electron chi connectivity index (χ4n) is 6.39. The van der Waals surface area contributed by atoms with Crippen LogP contribution in [0.5, 0.6) is 0 Å².